The van der Waals surface area contributed by atoms with E-state index >= 15 is 0 Å². The Labute approximate surface area is 304 Å². The Morgan fingerprint density at radius 2 is 1.24 bits per heavy atom. The van der Waals surface area contributed by atoms with Gasteiger partial charge in [0.05, 0.1) is 51.1 Å². The van der Waals surface area contributed by atoms with Crippen LogP contribution < -0.4 is 5.32 Å². The van der Waals surface area contributed by atoms with Crippen LogP contribution >= 0.6 is 15.9 Å². The van der Waals surface area contributed by atoms with Crippen LogP contribution in [0.25, 0.3) is 16.7 Å². The maximum atomic E-state index is 6.18. The largest absolute Gasteiger partial charge is 0.449 e. The highest BCUT2D eigenvalue weighted by Gasteiger charge is 2.27. The number of unbranched alkanes of at least 4 members (excludes halogenated alkanes) is 8. The molecule has 50 heavy (non-hydrogen) atoms. The summed E-state index contributed by atoms with van der Waals surface area (Å²) in [5.41, 5.74) is 12.0. The molecule has 2 N–H and O–H groups in total. The van der Waals surface area contributed by atoms with E-state index < -0.39 is 0 Å². The van der Waals surface area contributed by atoms with Crippen LogP contribution in [-0.2, 0) is 0 Å². The van der Waals surface area contributed by atoms with Crippen molar-refractivity contribution in [3.05, 3.63) is 123 Å². The average molecular weight is 732 g/mol. The fourth-order valence-corrected chi connectivity index (χ4v) is 7.50. The van der Waals surface area contributed by atoms with Gasteiger partial charge in [0.1, 0.15) is 11.6 Å². The molecule has 5 aliphatic heterocycles. The molecule has 7 rings (SSSR count). The van der Waals surface area contributed by atoms with Gasteiger partial charge in [-0.15, -0.1) is 0 Å². The summed E-state index contributed by atoms with van der Waals surface area (Å²) in [4.78, 5) is 21.9. The van der Waals surface area contributed by atoms with Crippen molar-refractivity contribution in [3.8, 4) is 0 Å². The van der Waals surface area contributed by atoms with Crippen molar-refractivity contribution in [1.82, 2.24) is 15.2 Å². The van der Waals surface area contributed by atoms with Crippen molar-refractivity contribution in [2.45, 2.75) is 90.9 Å². The topological polar surface area (TPSA) is 81.3 Å². The monoisotopic (exact) mass is 730 g/mol. The van der Waals surface area contributed by atoms with Crippen LogP contribution in [0.4, 0.5) is 0 Å². The number of furan rings is 1. The van der Waals surface area contributed by atoms with E-state index in [4.69, 9.17) is 19.4 Å². The minimum atomic E-state index is 0.680. The Kier molecular flexibility index (Phi) is 10.6. The van der Waals surface area contributed by atoms with Gasteiger partial charge in [-0.05, 0) is 102 Å². The van der Waals surface area contributed by atoms with E-state index in [1.807, 2.05) is 24.5 Å². The molecule has 5 aliphatic rings. The van der Waals surface area contributed by atoms with Gasteiger partial charge >= 0.3 is 0 Å². The average Bonchev–Trinajstić information content (AvgIpc) is 3.97. The summed E-state index contributed by atoms with van der Waals surface area (Å²) in [6, 6.07) is 8.34. The zero-order valence-electron chi connectivity index (χ0n) is 29.5. The Hall–Kier alpha value is -4.43. The molecule has 2 aromatic rings. The lowest BCUT2D eigenvalue weighted by Crippen LogP contribution is -2.19. The molecule has 0 radical (unpaired) electrons. The number of nitrogens with one attached hydrogen (secondary N) is 2. The summed E-state index contributed by atoms with van der Waals surface area (Å²) >= 11 is 3.54. The number of nitrogens with zero attached hydrogens (tertiary/aromatic N) is 4. The van der Waals surface area contributed by atoms with Gasteiger partial charge in [0.25, 0.3) is 0 Å². The van der Waals surface area contributed by atoms with E-state index in [1.165, 1.54) is 62.5 Å². The van der Waals surface area contributed by atoms with Gasteiger partial charge in [-0.2, -0.15) is 0 Å². The number of halogens is 1. The number of hydrogen-bond donors (Lipinski definition) is 2. The molecular weight excluding hydrogens is 684 g/mol. The third kappa shape index (κ3) is 7.22. The minimum Gasteiger partial charge on any atom is -0.449 e. The van der Waals surface area contributed by atoms with Crippen LogP contribution in [0.5, 0.6) is 0 Å². The Balaban J connectivity index is 1.41. The molecule has 7 nitrogen and oxygen atoms in total. The summed E-state index contributed by atoms with van der Waals surface area (Å²) in [5, 5.41) is 3.49. The summed E-state index contributed by atoms with van der Waals surface area (Å²) in [5.74, 6) is 1.74. The van der Waals surface area contributed by atoms with Crippen LogP contribution in [0, 0.1) is 0 Å². The molecular formula is C42H47BrN6O. The van der Waals surface area contributed by atoms with Crippen molar-refractivity contribution in [3.63, 3.8) is 0 Å². The molecule has 0 unspecified atom stereocenters. The first-order valence-electron chi connectivity index (χ1n) is 18.4. The van der Waals surface area contributed by atoms with Crippen LogP contribution in [0.2, 0.25) is 0 Å². The Morgan fingerprint density at radius 3 is 1.90 bits per heavy atom. The molecule has 0 aliphatic carbocycles. The molecule has 7 heterocycles. The molecule has 0 atom stereocenters. The Bertz CT molecular complexity index is 1980. The summed E-state index contributed by atoms with van der Waals surface area (Å²) in [6.45, 7) is 4.52. The lowest BCUT2D eigenvalue weighted by molar-refractivity contribution is 0.529. The van der Waals surface area contributed by atoms with E-state index in [0.717, 1.165) is 94.0 Å². The summed E-state index contributed by atoms with van der Waals surface area (Å²) in [6.07, 6.45) is 30.8. The van der Waals surface area contributed by atoms with Crippen molar-refractivity contribution in [1.29, 1.82) is 0 Å². The first-order valence-corrected chi connectivity index (χ1v) is 19.2. The summed E-state index contributed by atoms with van der Waals surface area (Å²) < 4.78 is 6.86. The van der Waals surface area contributed by atoms with E-state index in [2.05, 4.69) is 101 Å². The van der Waals surface area contributed by atoms with Crippen molar-refractivity contribution >= 4 is 49.8 Å². The maximum absolute atomic E-state index is 6.18. The van der Waals surface area contributed by atoms with Crippen LogP contribution in [0.1, 0.15) is 108 Å². The number of allylic oxidation sites excluding steroid dienone is 10. The van der Waals surface area contributed by atoms with E-state index in [1.54, 1.807) is 0 Å². The fraction of sp³-hybridized carbons (Fsp3) is 0.357. The van der Waals surface area contributed by atoms with Gasteiger partial charge in [-0.3, -0.25) is 0 Å². The first-order chi connectivity index (χ1) is 24.5. The van der Waals surface area contributed by atoms with E-state index in [0.29, 0.717) is 4.67 Å². The smallest absolute Gasteiger partial charge is 0.169 e. The SMILES string of the molecule is CCCCCCCC1=C2C=CC(=N2)/C(=C2\NC=CN2C)c2ccc([nH]2)C(CCCCCCC)=C2C=CC(=N2)C(c2ccc(Br)o2)=C2C=CC1=N2. The van der Waals surface area contributed by atoms with Crippen LogP contribution in [0.15, 0.2) is 126 Å². The molecule has 0 fully saturated rings. The predicted octanol–water partition coefficient (Wildman–Crippen LogP) is 11.2. The van der Waals surface area contributed by atoms with Crippen molar-refractivity contribution in [2.24, 2.45) is 15.0 Å². The maximum Gasteiger partial charge on any atom is 0.169 e. The number of aliphatic imine (C=N–C) groups is 3. The number of hydrogen-bond acceptors (Lipinski definition) is 6. The van der Waals surface area contributed by atoms with Crippen LogP contribution in [0.3, 0.4) is 0 Å². The zero-order valence-corrected chi connectivity index (χ0v) is 31.1. The quantitative estimate of drug-likeness (QED) is 0.201. The van der Waals surface area contributed by atoms with Gasteiger partial charge in [-0.1, -0.05) is 65.2 Å². The molecule has 0 saturated heterocycles. The highest BCUT2D eigenvalue weighted by molar-refractivity contribution is 9.10. The number of H-pyrrole nitrogens is 1. The highest BCUT2D eigenvalue weighted by Crippen LogP contribution is 2.37. The van der Waals surface area contributed by atoms with Gasteiger partial charge in [0.15, 0.2) is 4.67 Å². The highest BCUT2D eigenvalue weighted by atomic mass is 79.9. The van der Waals surface area contributed by atoms with Gasteiger partial charge in [-0.25, -0.2) is 15.0 Å². The lowest BCUT2D eigenvalue weighted by atomic mass is 10.00. The molecule has 2 aromatic heterocycles. The van der Waals surface area contributed by atoms with Crippen LogP contribution in [-0.4, -0.2) is 34.1 Å². The third-order valence-corrected chi connectivity index (χ3v) is 10.3. The van der Waals surface area contributed by atoms with Gasteiger partial charge in [0.2, 0.25) is 0 Å². The molecule has 8 bridgehead atoms. The number of rotatable bonds is 13. The normalized spacial score (nSPS) is 19.4. The second-order valence-electron chi connectivity index (χ2n) is 13.5. The fourth-order valence-electron chi connectivity index (χ4n) is 7.20. The molecule has 258 valence electrons. The lowest BCUT2D eigenvalue weighted by Gasteiger charge is -2.17. The molecule has 0 saturated carbocycles. The number of fused-ring (bicyclic) bond motifs is 5. The molecule has 0 spiro atoms. The van der Waals surface area contributed by atoms with Gasteiger partial charge < -0.3 is 19.6 Å². The second kappa shape index (κ2) is 15.6. The van der Waals surface area contributed by atoms with E-state index in [-0.39, 0.29) is 0 Å². The van der Waals surface area contributed by atoms with Gasteiger partial charge in [0, 0.05) is 36.3 Å². The first kappa shape index (κ1) is 34.0. The van der Waals surface area contributed by atoms with E-state index in [9.17, 15) is 0 Å². The zero-order chi connectivity index (χ0) is 34.5. The predicted molar refractivity (Wildman–Crippen MR) is 212 cm³/mol. The molecule has 0 aromatic carbocycles. The minimum absolute atomic E-state index is 0.680. The Morgan fingerprint density at radius 1 is 0.640 bits per heavy atom. The molecule has 0 amide bonds. The molecule has 8 heteroatoms. The standard InChI is InChI=1S/C42H47BrN6O/c1-4-6-8-10-12-14-28-30-16-20-34(45-30)40(38-24-25-39(43)50-38)35-21-17-31(46-35)29(15-13-11-9-7-5-2)33-19-23-37(48-33)41(36-22-18-32(28)47-36)42-44-26-27-49(42)3/h16-27,44,47H,4-15H2,1-3H3/b30-28?,33-29?,40-35?,42-41+. The number of aromatic amines is 1. The van der Waals surface area contributed by atoms with Crippen molar-refractivity contribution < 1.29 is 4.42 Å². The van der Waals surface area contributed by atoms with Crippen molar-refractivity contribution in [2.75, 3.05) is 7.05 Å². The summed E-state index contributed by atoms with van der Waals surface area (Å²) in [7, 11) is 2.07. The second-order valence-corrected chi connectivity index (χ2v) is 14.3. The third-order valence-electron chi connectivity index (χ3n) is 9.88. The number of aromatic nitrogens is 1.